The molecule has 2 saturated heterocycles. The lowest BCUT2D eigenvalue weighted by Crippen LogP contribution is -2.48. The van der Waals surface area contributed by atoms with Gasteiger partial charge in [0.15, 0.2) is 0 Å². The molecule has 0 spiro atoms. The Balaban J connectivity index is 1.85. The van der Waals surface area contributed by atoms with E-state index in [0.717, 1.165) is 13.2 Å². The van der Waals surface area contributed by atoms with E-state index in [4.69, 9.17) is 9.68 Å². The highest BCUT2D eigenvalue weighted by molar-refractivity contribution is 4.62. The number of hydroxylamine groups is 1. The van der Waals surface area contributed by atoms with Crippen molar-refractivity contribution < 1.29 is 9.68 Å². The molecule has 0 aromatic rings. The Hall–Kier alpha value is -0.240. The highest BCUT2D eigenvalue weighted by Crippen LogP contribution is 2.01. The van der Waals surface area contributed by atoms with Gasteiger partial charge in [0.25, 0.3) is 0 Å². The van der Waals surface area contributed by atoms with E-state index in [1.165, 1.54) is 0 Å². The van der Waals surface area contributed by atoms with Gasteiger partial charge in [-0.05, 0) is 0 Å². The van der Waals surface area contributed by atoms with Crippen molar-refractivity contribution >= 4 is 0 Å². The Morgan fingerprint density at radius 2 is 2.50 bits per heavy atom. The van der Waals surface area contributed by atoms with Crippen LogP contribution >= 0.6 is 0 Å². The van der Waals surface area contributed by atoms with E-state index in [2.05, 4.69) is 16.4 Å². The predicted octanol–water partition coefficient (Wildman–Crippen LogP) is -1.90. The Bertz CT molecular complexity index is 95.8. The molecular weight excluding hydrogens is 136 g/mol. The summed E-state index contributed by atoms with van der Waals surface area (Å²) in [5.41, 5.74) is 8.43. The summed E-state index contributed by atoms with van der Waals surface area (Å²) in [7, 11) is 0. The van der Waals surface area contributed by atoms with Gasteiger partial charge in [-0.1, -0.05) is 0 Å². The molecule has 2 heterocycles. The largest absolute Gasteiger partial charge is 0.284 e. The Morgan fingerprint density at radius 1 is 1.50 bits per heavy atom. The summed E-state index contributed by atoms with van der Waals surface area (Å²) in [6, 6.07) is 0. The molecule has 58 valence electrons. The van der Waals surface area contributed by atoms with Crippen LogP contribution in [0, 0.1) is 0 Å². The van der Waals surface area contributed by atoms with E-state index < -0.39 is 0 Å². The van der Waals surface area contributed by atoms with Gasteiger partial charge in [0, 0.05) is 6.54 Å². The van der Waals surface area contributed by atoms with E-state index >= 15 is 0 Å². The van der Waals surface area contributed by atoms with Gasteiger partial charge in [0.05, 0.1) is 6.61 Å². The molecule has 1 atom stereocenters. The van der Waals surface area contributed by atoms with Crippen LogP contribution < -0.4 is 16.4 Å². The van der Waals surface area contributed by atoms with Crippen LogP contribution in [-0.4, -0.2) is 31.1 Å². The van der Waals surface area contributed by atoms with Gasteiger partial charge in [-0.2, -0.15) is 0 Å². The summed E-state index contributed by atoms with van der Waals surface area (Å²) in [5.74, 6) is 0. The van der Waals surface area contributed by atoms with Crippen molar-refractivity contribution in [2.45, 2.75) is 6.17 Å². The fraction of sp³-hybridized carbons (Fsp3) is 1.00. The molecule has 0 amide bonds. The lowest BCUT2D eigenvalue weighted by Gasteiger charge is -2.18. The van der Waals surface area contributed by atoms with Crippen molar-refractivity contribution in [3.63, 3.8) is 0 Å². The second kappa shape index (κ2) is 2.79. The first-order valence-electron chi connectivity index (χ1n) is 3.25. The monoisotopic (exact) mass is 146 g/mol. The van der Waals surface area contributed by atoms with Crippen LogP contribution in [0.1, 0.15) is 0 Å². The van der Waals surface area contributed by atoms with Gasteiger partial charge in [-0.15, -0.1) is 10.8 Å². The molecule has 3 N–H and O–H groups in total. The third-order valence-electron chi connectivity index (χ3n) is 1.42. The van der Waals surface area contributed by atoms with Gasteiger partial charge in [0.1, 0.15) is 12.8 Å². The summed E-state index contributed by atoms with van der Waals surface area (Å²) in [5, 5.41) is 1.65. The normalized spacial score (nSPS) is 35.4. The quantitative estimate of drug-likeness (QED) is 0.402. The Morgan fingerprint density at radius 3 is 3.10 bits per heavy atom. The third-order valence-corrected chi connectivity index (χ3v) is 1.42. The van der Waals surface area contributed by atoms with E-state index in [1.807, 2.05) is 0 Å². The second-order valence-electron chi connectivity index (χ2n) is 2.14. The minimum Gasteiger partial charge on any atom is -0.284 e. The smallest absolute Gasteiger partial charge is 0.140 e. The highest BCUT2D eigenvalue weighted by atomic mass is 16.7. The average Bonchev–Trinajstić information content (AvgIpc) is 2.59. The van der Waals surface area contributed by atoms with Crippen molar-refractivity contribution in [1.29, 1.82) is 0 Å². The lowest BCUT2D eigenvalue weighted by atomic mass is 10.6. The Labute approximate surface area is 58.3 Å². The molecule has 0 saturated carbocycles. The standard InChI is InChI=1S/C4H10N4O2/c1-2-10-8(5-1)4-3-9-7-6-4/h4-7H,1-3H2. The molecule has 6 nitrogen and oxygen atoms in total. The van der Waals surface area contributed by atoms with Crippen LogP contribution in [-0.2, 0) is 9.68 Å². The maximum Gasteiger partial charge on any atom is 0.140 e. The fourth-order valence-electron chi connectivity index (χ4n) is 0.944. The number of rotatable bonds is 1. The van der Waals surface area contributed by atoms with Crippen LogP contribution in [0.3, 0.4) is 0 Å². The zero-order valence-electron chi connectivity index (χ0n) is 5.46. The van der Waals surface area contributed by atoms with Gasteiger partial charge in [-0.3, -0.25) is 9.68 Å². The number of hydrazine groups is 2. The van der Waals surface area contributed by atoms with Crippen molar-refractivity contribution in [3.05, 3.63) is 0 Å². The summed E-state index contributed by atoms with van der Waals surface area (Å²) >= 11 is 0. The van der Waals surface area contributed by atoms with Crippen LogP contribution in [0.15, 0.2) is 0 Å². The van der Waals surface area contributed by atoms with Crippen molar-refractivity contribution in [1.82, 2.24) is 21.6 Å². The van der Waals surface area contributed by atoms with E-state index in [-0.39, 0.29) is 6.17 Å². The third kappa shape index (κ3) is 1.12. The average molecular weight is 146 g/mol. The molecule has 0 bridgehead atoms. The summed E-state index contributed by atoms with van der Waals surface area (Å²) < 4.78 is 0. The highest BCUT2D eigenvalue weighted by Gasteiger charge is 2.26. The van der Waals surface area contributed by atoms with E-state index in [0.29, 0.717) is 6.61 Å². The van der Waals surface area contributed by atoms with E-state index in [1.54, 1.807) is 5.17 Å². The number of hydrogen-bond donors (Lipinski definition) is 3. The molecule has 2 fully saturated rings. The molecule has 2 aliphatic heterocycles. The predicted molar refractivity (Wildman–Crippen MR) is 31.8 cm³/mol. The molecule has 0 aromatic carbocycles. The van der Waals surface area contributed by atoms with Gasteiger partial charge >= 0.3 is 0 Å². The summed E-state index contributed by atoms with van der Waals surface area (Å²) in [4.78, 5) is 10.0. The van der Waals surface area contributed by atoms with Crippen molar-refractivity contribution in [2.24, 2.45) is 0 Å². The van der Waals surface area contributed by atoms with Crippen molar-refractivity contribution in [3.8, 4) is 0 Å². The van der Waals surface area contributed by atoms with Crippen LogP contribution in [0.25, 0.3) is 0 Å². The zero-order valence-corrected chi connectivity index (χ0v) is 5.46. The molecule has 2 aliphatic rings. The molecule has 10 heavy (non-hydrogen) atoms. The van der Waals surface area contributed by atoms with Crippen LogP contribution in [0.2, 0.25) is 0 Å². The molecule has 0 aliphatic carbocycles. The summed E-state index contributed by atoms with van der Waals surface area (Å²) in [6.07, 6.45) is 0.0718. The minimum absolute atomic E-state index is 0.0718. The van der Waals surface area contributed by atoms with Gasteiger partial charge in [0.2, 0.25) is 0 Å². The zero-order chi connectivity index (χ0) is 6.81. The SMILES string of the molecule is C1CON(C2CONN2)N1. The molecule has 0 aromatic heterocycles. The molecule has 6 heteroatoms. The molecule has 0 radical (unpaired) electrons. The number of hydrogen-bond acceptors (Lipinski definition) is 6. The van der Waals surface area contributed by atoms with Gasteiger partial charge < -0.3 is 0 Å². The first-order valence-corrected chi connectivity index (χ1v) is 3.25. The minimum atomic E-state index is 0.0718. The maximum atomic E-state index is 5.18. The number of nitrogens with zero attached hydrogens (tertiary/aromatic N) is 1. The Kier molecular flexibility index (Phi) is 1.80. The molecular formula is C4H10N4O2. The van der Waals surface area contributed by atoms with Crippen LogP contribution in [0.5, 0.6) is 0 Å². The molecule has 2 rings (SSSR count). The molecule has 1 unspecified atom stereocenters. The van der Waals surface area contributed by atoms with Crippen molar-refractivity contribution in [2.75, 3.05) is 19.8 Å². The second-order valence-corrected chi connectivity index (χ2v) is 2.14. The number of nitrogens with one attached hydrogen (secondary N) is 3. The van der Waals surface area contributed by atoms with Crippen LogP contribution in [0.4, 0.5) is 0 Å². The maximum absolute atomic E-state index is 5.18. The van der Waals surface area contributed by atoms with Gasteiger partial charge in [-0.25, -0.2) is 10.9 Å². The first kappa shape index (κ1) is 6.47. The lowest BCUT2D eigenvalue weighted by molar-refractivity contribution is -0.174. The topological polar surface area (TPSA) is 57.8 Å². The fourth-order valence-corrected chi connectivity index (χ4v) is 0.944. The summed E-state index contributed by atoms with van der Waals surface area (Å²) in [6.45, 7) is 2.16. The van der Waals surface area contributed by atoms with E-state index in [9.17, 15) is 0 Å². The first-order chi connectivity index (χ1) is 4.97.